The van der Waals surface area contributed by atoms with Gasteiger partial charge >= 0.3 is 6.01 Å². The largest absolute Gasteiger partial charge is 0.381 e. The first kappa shape index (κ1) is 11.0. The van der Waals surface area contributed by atoms with E-state index in [4.69, 9.17) is 5.73 Å². The first-order valence-corrected chi connectivity index (χ1v) is 4.59. The van der Waals surface area contributed by atoms with Crippen LogP contribution in [0.1, 0.15) is 16.2 Å². The van der Waals surface area contributed by atoms with Gasteiger partial charge in [-0.3, -0.25) is 10.1 Å². The maximum absolute atomic E-state index is 13.4. The normalized spacial score (nSPS) is 10.2. The Bertz CT molecular complexity index is 568. The van der Waals surface area contributed by atoms with Gasteiger partial charge in [-0.05, 0) is 13.0 Å². The smallest absolute Gasteiger partial charge is 0.328 e. The molecule has 0 saturated heterocycles. The summed E-state index contributed by atoms with van der Waals surface area (Å²) in [7, 11) is 0. The molecule has 0 radical (unpaired) electrons. The van der Waals surface area contributed by atoms with E-state index in [9.17, 15) is 9.18 Å². The number of aromatic nitrogens is 3. The van der Waals surface area contributed by atoms with Crippen molar-refractivity contribution in [2.24, 2.45) is 0 Å². The number of pyridine rings is 1. The van der Waals surface area contributed by atoms with E-state index in [1.165, 1.54) is 12.3 Å². The van der Waals surface area contributed by atoms with Gasteiger partial charge in [-0.2, -0.15) is 4.98 Å². The highest BCUT2D eigenvalue weighted by Gasteiger charge is 2.16. The Morgan fingerprint density at radius 1 is 1.59 bits per heavy atom. The summed E-state index contributed by atoms with van der Waals surface area (Å²) < 4.78 is 18.1. The minimum atomic E-state index is -0.888. The fourth-order valence-electron chi connectivity index (χ4n) is 1.15. The van der Waals surface area contributed by atoms with Crippen LogP contribution in [0.4, 0.5) is 16.2 Å². The number of carbonyl (C=O) groups excluding carboxylic acids is 1. The van der Waals surface area contributed by atoms with Crippen molar-refractivity contribution in [1.82, 2.24) is 15.1 Å². The lowest BCUT2D eigenvalue weighted by atomic mass is 10.2. The highest BCUT2D eigenvalue weighted by Crippen LogP contribution is 2.13. The molecule has 2 rings (SSSR count). The number of hydrogen-bond donors (Lipinski definition) is 2. The molecule has 1 amide bonds. The first-order valence-electron chi connectivity index (χ1n) is 4.59. The highest BCUT2D eigenvalue weighted by molar-refractivity contribution is 6.03. The van der Waals surface area contributed by atoms with E-state index >= 15 is 0 Å². The maximum atomic E-state index is 13.4. The molecule has 88 valence electrons. The van der Waals surface area contributed by atoms with Crippen molar-refractivity contribution in [1.29, 1.82) is 0 Å². The molecule has 0 aromatic carbocycles. The van der Waals surface area contributed by atoms with E-state index in [1.807, 2.05) is 0 Å². The molecular weight excluding hydrogens is 229 g/mol. The van der Waals surface area contributed by atoms with Crippen LogP contribution in [0.5, 0.6) is 0 Å². The van der Waals surface area contributed by atoms with Crippen LogP contribution in [0.2, 0.25) is 0 Å². The minimum absolute atomic E-state index is 0.109. The number of aryl methyl sites for hydroxylation is 1. The van der Waals surface area contributed by atoms with Crippen LogP contribution < -0.4 is 11.1 Å². The van der Waals surface area contributed by atoms with Crippen molar-refractivity contribution in [3.63, 3.8) is 0 Å². The maximum Gasteiger partial charge on any atom is 0.328 e. The third-order valence-electron chi connectivity index (χ3n) is 1.91. The summed E-state index contributed by atoms with van der Waals surface area (Å²) in [5.41, 5.74) is 5.00. The second kappa shape index (κ2) is 4.16. The van der Waals surface area contributed by atoms with Crippen molar-refractivity contribution < 1.29 is 13.7 Å². The molecule has 0 aliphatic carbocycles. The Morgan fingerprint density at radius 3 is 3.00 bits per heavy atom. The van der Waals surface area contributed by atoms with Crippen LogP contribution in [0.25, 0.3) is 0 Å². The molecule has 0 saturated carbocycles. The second-order valence-corrected chi connectivity index (χ2v) is 3.16. The lowest BCUT2D eigenvalue weighted by Crippen LogP contribution is -2.15. The number of anilines is 2. The number of nitrogens with one attached hydrogen (secondary N) is 1. The molecule has 8 heteroatoms. The monoisotopic (exact) mass is 237 g/mol. The summed E-state index contributed by atoms with van der Waals surface area (Å²) in [6, 6.07) is 1.09. The number of rotatable bonds is 2. The average Bonchev–Trinajstić information content (AvgIpc) is 2.68. The first-order chi connectivity index (χ1) is 8.08. The molecule has 0 aliphatic heterocycles. The van der Waals surface area contributed by atoms with Crippen molar-refractivity contribution in [3.05, 3.63) is 29.5 Å². The van der Waals surface area contributed by atoms with Gasteiger partial charge in [-0.15, -0.1) is 0 Å². The summed E-state index contributed by atoms with van der Waals surface area (Å²) in [6.45, 7) is 1.59. The van der Waals surface area contributed by atoms with Gasteiger partial charge in [0.15, 0.2) is 17.5 Å². The Hall–Kier alpha value is -2.51. The fourth-order valence-corrected chi connectivity index (χ4v) is 1.15. The average molecular weight is 237 g/mol. The molecule has 0 spiro atoms. The molecule has 7 nitrogen and oxygen atoms in total. The predicted octanol–water partition coefficient (Wildman–Crippen LogP) is 0.747. The Kier molecular flexibility index (Phi) is 2.69. The third kappa shape index (κ3) is 2.19. The number of nitrogens with two attached hydrogens (primary N) is 1. The van der Waals surface area contributed by atoms with E-state index < -0.39 is 11.7 Å². The molecule has 0 bridgehead atoms. The molecular formula is C9H8FN5O2. The van der Waals surface area contributed by atoms with Crippen molar-refractivity contribution in [2.75, 3.05) is 11.1 Å². The van der Waals surface area contributed by atoms with Gasteiger partial charge < -0.3 is 10.3 Å². The predicted molar refractivity (Wildman–Crippen MR) is 55.6 cm³/mol. The molecule has 0 fully saturated rings. The Labute approximate surface area is 94.8 Å². The van der Waals surface area contributed by atoms with Crippen molar-refractivity contribution in [3.8, 4) is 0 Å². The van der Waals surface area contributed by atoms with Gasteiger partial charge in [-0.25, -0.2) is 9.37 Å². The minimum Gasteiger partial charge on any atom is -0.381 e. The molecule has 0 atom stereocenters. The number of hydrogen-bond acceptors (Lipinski definition) is 6. The van der Waals surface area contributed by atoms with Crippen LogP contribution in [-0.4, -0.2) is 21.0 Å². The molecule has 3 N–H and O–H groups in total. The van der Waals surface area contributed by atoms with Gasteiger partial charge in [0.2, 0.25) is 0 Å². The van der Waals surface area contributed by atoms with E-state index in [2.05, 4.69) is 25.0 Å². The topological polar surface area (TPSA) is 107 Å². The van der Waals surface area contributed by atoms with E-state index in [1.54, 1.807) is 6.92 Å². The lowest BCUT2D eigenvalue weighted by molar-refractivity contribution is 0.101. The van der Waals surface area contributed by atoms with Crippen LogP contribution in [0, 0.1) is 12.7 Å². The van der Waals surface area contributed by atoms with E-state index in [-0.39, 0.29) is 17.4 Å². The zero-order valence-electron chi connectivity index (χ0n) is 8.77. The van der Waals surface area contributed by atoms with Gasteiger partial charge in [-0.1, -0.05) is 5.16 Å². The Balaban J connectivity index is 2.23. The van der Waals surface area contributed by atoms with Crippen molar-refractivity contribution in [2.45, 2.75) is 6.92 Å². The Morgan fingerprint density at radius 2 is 2.35 bits per heavy atom. The lowest BCUT2D eigenvalue weighted by Gasteiger charge is -2.02. The summed E-state index contributed by atoms with van der Waals surface area (Å²) in [5.74, 6) is -1.61. The zero-order chi connectivity index (χ0) is 12.4. The summed E-state index contributed by atoms with van der Waals surface area (Å²) >= 11 is 0. The molecule has 0 unspecified atom stereocenters. The number of halogens is 1. The molecule has 17 heavy (non-hydrogen) atoms. The molecule has 2 aromatic rings. The standard InChI is InChI=1S/C9H8FN5O2/c1-4-13-9(17-15-4)14-8(16)5-2-3-12-7(11)6(5)10/h2-3H,1H3,(H2,11,12)(H,13,14,15,16). The van der Waals surface area contributed by atoms with Crippen LogP contribution >= 0.6 is 0 Å². The number of nitrogen functional groups attached to an aromatic ring is 1. The number of nitrogens with zero attached hydrogens (tertiary/aromatic N) is 3. The fraction of sp³-hybridized carbons (Fsp3) is 0.111. The van der Waals surface area contributed by atoms with Gasteiger partial charge in [0.05, 0.1) is 5.56 Å². The van der Waals surface area contributed by atoms with E-state index in [0.29, 0.717) is 5.82 Å². The third-order valence-corrected chi connectivity index (χ3v) is 1.91. The number of carbonyl (C=O) groups is 1. The molecule has 2 heterocycles. The van der Waals surface area contributed by atoms with Crippen molar-refractivity contribution >= 4 is 17.7 Å². The van der Waals surface area contributed by atoms with Crippen LogP contribution in [0.15, 0.2) is 16.8 Å². The van der Waals surface area contributed by atoms with Gasteiger partial charge in [0.25, 0.3) is 5.91 Å². The van der Waals surface area contributed by atoms with E-state index in [0.717, 1.165) is 0 Å². The SMILES string of the molecule is Cc1noc(NC(=O)c2ccnc(N)c2F)n1. The molecule has 2 aromatic heterocycles. The second-order valence-electron chi connectivity index (χ2n) is 3.16. The summed E-state index contributed by atoms with van der Waals surface area (Å²) in [5, 5.41) is 5.72. The van der Waals surface area contributed by atoms with Crippen LogP contribution in [0.3, 0.4) is 0 Å². The zero-order valence-corrected chi connectivity index (χ0v) is 8.77. The highest BCUT2D eigenvalue weighted by atomic mass is 19.1. The summed E-state index contributed by atoms with van der Waals surface area (Å²) in [6.07, 6.45) is 1.23. The van der Waals surface area contributed by atoms with Gasteiger partial charge in [0, 0.05) is 6.20 Å². The molecule has 0 aliphatic rings. The summed E-state index contributed by atoms with van der Waals surface area (Å²) in [4.78, 5) is 18.9. The quantitative estimate of drug-likeness (QED) is 0.797. The number of amides is 1. The van der Waals surface area contributed by atoms with Gasteiger partial charge in [0.1, 0.15) is 0 Å². The van der Waals surface area contributed by atoms with Crippen LogP contribution in [-0.2, 0) is 0 Å².